The first-order chi connectivity index (χ1) is 14.2. The zero-order valence-corrected chi connectivity index (χ0v) is 17.4. The standard InChI is InChI=1S/C23H27NO6/c1-23(2,3)30-22(27)24-14-19(13-20(24)21(25)26)29-18-11-9-17(10-12-18)28-15-16-7-5-4-6-8-16/h4-12,19-20H,13-15H2,1-3H3,(H,25,26). The number of aliphatic carboxylic acids is 1. The van der Waals surface area contributed by atoms with E-state index in [-0.39, 0.29) is 13.0 Å². The molecule has 0 aliphatic carbocycles. The summed E-state index contributed by atoms with van der Waals surface area (Å²) in [5.41, 5.74) is 0.375. The zero-order chi connectivity index (χ0) is 21.7. The van der Waals surface area contributed by atoms with Crippen molar-refractivity contribution >= 4 is 12.1 Å². The third kappa shape index (κ3) is 5.89. The third-order valence-corrected chi connectivity index (χ3v) is 4.55. The van der Waals surface area contributed by atoms with Crippen molar-refractivity contribution in [2.24, 2.45) is 0 Å². The molecule has 1 aliphatic rings. The average molecular weight is 413 g/mol. The number of amides is 1. The van der Waals surface area contributed by atoms with Crippen LogP contribution in [-0.2, 0) is 16.1 Å². The Kier molecular flexibility index (Phi) is 6.50. The summed E-state index contributed by atoms with van der Waals surface area (Å²) in [4.78, 5) is 25.2. The summed E-state index contributed by atoms with van der Waals surface area (Å²) < 4.78 is 17.0. The normalized spacial score (nSPS) is 18.7. The second-order valence-corrected chi connectivity index (χ2v) is 8.21. The molecule has 1 amide bonds. The lowest BCUT2D eigenvalue weighted by atomic mass is 10.2. The van der Waals surface area contributed by atoms with Gasteiger partial charge in [0.05, 0.1) is 6.54 Å². The van der Waals surface area contributed by atoms with E-state index in [0.29, 0.717) is 18.1 Å². The van der Waals surface area contributed by atoms with E-state index in [0.717, 1.165) is 5.56 Å². The molecule has 0 radical (unpaired) electrons. The topological polar surface area (TPSA) is 85.3 Å². The van der Waals surface area contributed by atoms with Crippen molar-refractivity contribution in [2.75, 3.05) is 6.54 Å². The van der Waals surface area contributed by atoms with Crippen LogP contribution in [0.2, 0.25) is 0 Å². The molecule has 2 aromatic carbocycles. The number of rotatable bonds is 6. The summed E-state index contributed by atoms with van der Waals surface area (Å²) in [7, 11) is 0. The van der Waals surface area contributed by atoms with Gasteiger partial charge in [-0.1, -0.05) is 30.3 Å². The SMILES string of the molecule is CC(C)(C)OC(=O)N1CC(Oc2ccc(OCc3ccccc3)cc2)CC1C(=O)O. The van der Waals surface area contributed by atoms with E-state index in [4.69, 9.17) is 14.2 Å². The highest BCUT2D eigenvalue weighted by molar-refractivity contribution is 5.81. The van der Waals surface area contributed by atoms with Gasteiger partial charge >= 0.3 is 12.1 Å². The molecular weight excluding hydrogens is 386 g/mol. The number of likely N-dealkylation sites (tertiary alicyclic amines) is 1. The van der Waals surface area contributed by atoms with Crippen molar-refractivity contribution in [1.82, 2.24) is 4.90 Å². The minimum Gasteiger partial charge on any atom is -0.489 e. The number of carboxylic acids is 1. The maximum absolute atomic E-state index is 12.4. The van der Waals surface area contributed by atoms with Crippen molar-refractivity contribution in [3.05, 3.63) is 60.2 Å². The van der Waals surface area contributed by atoms with Crippen molar-refractivity contribution in [3.63, 3.8) is 0 Å². The maximum atomic E-state index is 12.4. The quantitative estimate of drug-likeness (QED) is 0.767. The van der Waals surface area contributed by atoms with E-state index in [9.17, 15) is 14.7 Å². The van der Waals surface area contributed by atoms with E-state index in [1.807, 2.05) is 30.3 Å². The van der Waals surface area contributed by atoms with Gasteiger partial charge in [0.2, 0.25) is 0 Å². The van der Waals surface area contributed by atoms with E-state index >= 15 is 0 Å². The van der Waals surface area contributed by atoms with Crippen molar-refractivity contribution < 1.29 is 28.9 Å². The Bertz CT molecular complexity index is 860. The van der Waals surface area contributed by atoms with Crippen LogP contribution < -0.4 is 9.47 Å². The highest BCUT2D eigenvalue weighted by Crippen LogP contribution is 2.26. The molecule has 1 fully saturated rings. The van der Waals surface area contributed by atoms with Crippen LogP contribution in [-0.4, -0.2) is 46.4 Å². The number of carbonyl (C=O) groups excluding carboxylic acids is 1. The molecule has 1 N–H and O–H groups in total. The second kappa shape index (κ2) is 9.07. The first-order valence-electron chi connectivity index (χ1n) is 9.87. The van der Waals surface area contributed by atoms with Crippen LogP contribution in [0.25, 0.3) is 0 Å². The Morgan fingerprint density at radius 3 is 2.27 bits per heavy atom. The van der Waals surface area contributed by atoms with Gasteiger partial charge in [-0.25, -0.2) is 9.59 Å². The summed E-state index contributed by atoms with van der Waals surface area (Å²) in [5.74, 6) is 0.218. The number of hydrogen-bond donors (Lipinski definition) is 1. The van der Waals surface area contributed by atoms with Crippen LogP contribution in [0.4, 0.5) is 4.79 Å². The Labute approximate surface area is 176 Å². The molecule has 1 heterocycles. The second-order valence-electron chi connectivity index (χ2n) is 8.21. The van der Waals surface area contributed by atoms with Gasteiger partial charge in [0.1, 0.15) is 35.9 Å². The fraction of sp³-hybridized carbons (Fsp3) is 0.391. The van der Waals surface area contributed by atoms with Crippen LogP contribution in [0.3, 0.4) is 0 Å². The molecule has 2 aromatic rings. The summed E-state index contributed by atoms with van der Waals surface area (Å²) in [6, 6.07) is 16.0. The van der Waals surface area contributed by atoms with Crippen molar-refractivity contribution in [1.29, 1.82) is 0 Å². The molecule has 1 aliphatic heterocycles. The van der Waals surface area contributed by atoms with Gasteiger partial charge in [-0.2, -0.15) is 0 Å². The lowest BCUT2D eigenvalue weighted by molar-refractivity contribution is -0.142. The van der Waals surface area contributed by atoms with Crippen LogP contribution in [0.5, 0.6) is 11.5 Å². The number of ether oxygens (including phenoxy) is 3. The first-order valence-corrected chi connectivity index (χ1v) is 9.87. The number of carbonyl (C=O) groups is 2. The molecule has 2 atom stereocenters. The Hall–Kier alpha value is -3.22. The number of nitrogens with zero attached hydrogens (tertiary/aromatic N) is 1. The molecule has 0 bridgehead atoms. The van der Waals surface area contributed by atoms with Gasteiger partial charge in [0.15, 0.2) is 0 Å². The summed E-state index contributed by atoms with van der Waals surface area (Å²) in [5, 5.41) is 9.48. The monoisotopic (exact) mass is 413 g/mol. The molecular formula is C23H27NO6. The predicted octanol–water partition coefficient (Wildman–Crippen LogP) is 4.11. The number of benzene rings is 2. The third-order valence-electron chi connectivity index (χ3n) is 4.55. The number of hydrogen-bond acceptors (Lipinski definition) is 5. The fourth-order valence-corrected chi connectivity index (χ4v) is 3.19. The maximum Gasteiger partial charge on any atom is 0.411 e. The minimum absolute atomic E-state index is 0.151. The van der Waals surface area contributed by atoms with Gasteiger partial charge in [0, 0.05) is 6.42 Å². The van der Waals surface area contributed by atoms with Crippen LogP contribution >= 0.6 is 0 Å². The van der Waals surface area contributed by atoms with Crippen molar-refractivity contribution in [2.45, 2.75) is 51.5 Å². The van der Waals surface area contributed by atoms with Gasteiger partial charge < -0.3 is 19.3 Å². The molecule has 0 spiro atoms. The van der Waals surface area contributed by atoms with E-state index in [1.165, 1.54) is 4.90 Å². The zero-order valence-electron chi connectivity index (χ0n) is 17.4. The lowest BCUT2D eigenvalue weighted by Gasteiger charge is -2.26. The fourth-order valence-electron chi connectivity index (χ4n) is 3.19. The molecule has 0 aromatic heterocycles. The van der Waals surface area contributed by atoms with E-state index < -0.39 is 29.8 Å². The van der Waals surface area contributed by atoms with Gasteiger partial charge in [-0.15, -0.1) is 0 Å². The van der Waals surface area contributed by atoms with Gasteiger partial charge in [0.25, 0.3) is 0 Å². The summed E-state index contributed by atoms with van der Waals surface area (Å²) in [6.45, 7) is 5.84. The molecule has 0 saturated carbocycles. The molecule has 2 unspecified atom stereocenters. The Balaban J connectivity index is 1.57. The number of carboxylic acid groups (broad SMARTS) is 1. The first kappa shape index (κ1) is 21.5. The van der Waals surface area contributed by atoms with E-state index in [1.54, 1.807) is 45.0 Å². The highest BCUT2D eigenvalue weighted by Gasteiger charge is 2.42. The highest BCUT2D eigenvalue weighted by atomic mass is 16.6. The van der Waals surface area contributed by atoms with Crippen LogP contribution in [0.15, 0.2) is 54.6 Å². The summed E-state index contributed by atoms with van der Waals surface area (Å²) >= 11 is 0. The predicted molar refractivity (Wildman–Crippen MR) is 111 cm³/mol. The van der Waals surface area contributed by atoms with Gasteiger partial charge in [-0.3, -0.25) is 4.90 Å². The van der Waals surface area contributed by atoms with Crippen LogP contribution in [0, 0.1) is 0 Å². The lowest BCUT2D eigenvalue weighted by Crippen LogP contribution is -2.43. The van der Waals surface area contributed by atoms with Gasteiger partial charge in [-0.05, 0) is 50.6 Å². The average Bonchev–Trinajstić information content (AvgIpc) is 3.11. The van der Waals surface area contributed by atoms with Crippen LogP contribution in [0.1, 0.15) is 32.8 Å². The molecule has 7 nitrogen and oxygen atoms in total. The van der Waals surface area contributed by atoms with Crippen molar-refractivity contribution in [3.8, 4) is 11.5 Å². The van der Waals surface area contributed by atoms with E-state index in [2.05, 4.69) is 0 Å². The molecule has 3 rings (SSSR count). The molecule has 160 valence electrons. The molecule has 1 saturated heterocycles. The molecule has 7 heteroatoms. The Morgan fingerprint density at radius 1 is 1.03 bits per heavy atom. The Morgan fingerprint density at radius 2 is 1.67 bits per heavy atom. The summed E-state index contributed by atoms with van der Waals surface area (Å²) in [6.07, 6.45) is -0.888. The minimum atomic E-state index is -1.07. The smallest absolute Gasteiger partial charge is 0.411 e. The largest absolute Gasteiger partial charge is 0.489 e. The molecule has 30 heavy (non-hydrogen) atoms.